The molecule has 3 atom stereocenters. The third-order valence-electron chi connectivity index (χ3n) is 3.58. The number of hydrogen-bond acceptors (Lipinski definition) is 7. The van der Waals surface area contributed by atoms with Gasteiger partial charge in [0.1, 0.15) is 16.8 Å². The molecule has 0 saturated heterocycles. The van der Waals surface area contributed by atoms with Gasteiger partial charge >= 0.3 is 12.1 Å². The van der Waals surface area contributed by atoms with E-state index in [-0.39, 0.29) is 24.1 Å². The van der Waals surface area contributed by atoms with E-state index in [2.05, 4.69) is 15.8 Å². The number of amides is 2. The lowest BCUT2D eigenvalue weighted by atomic mass is 10.0. The fraction of sp³-hybridized carbons (Fsp3) is 0.778. The lowest BCUT2D eigenvalue weighted by Gasteiger charge is -2.26. The van der Waals surface area contributed by atoms with Gasteiger partial charge < -0.3 is 24.9 Å². The van der Waals surface area contributed by atoms with Gasteiger partial charge in [-0.2, -0.15) is 0 Å². The average molecular weight is 420 g/mol. The van der Waals surface area contributed by atoms with Crippen LogP contribution in [0.1, 0.15) is 54.4 Å². The molecule has 0 aromatic heterocycles. The maximum absolute atomic E-state index is 12.8. The first kappa shape index (κ1) is 24.0. The predicted octanol–water partition coefficient (Wildman–Crippen LogP) is 2.31. The van der Waals surface area contributed by atoms with E-state index in [4.69, 9.17) is 25.9 Å². The molecule has 0 saturated carbocycles. The second kappa shape index (κ2) is 10.5. The van der Waals surface area contributed by atoms with Gasteiger partial charge in [0.25, 0.3) is 0 Å². The van der Waals surface area contributed by atoms with Crippen molar-refractivity contribution in [1.29, 1.82) is 0 Å². The number of halogens is 1. The van der Waals surface area contributed by atoms with Gasteiger partial charge in [-0.1, -0.05) is 30.6 Å². The second-order valence-electron chi connectivity index (χ2n) is 7.88. The van der Waals surface area contributed by atoms with Gasteiger partial charge in [0, 0.05) is 6.42 Å². The fourth-order valence-electron chi connectivity index (χ4n) is 2.49. The molecule has 0 aliphatic carbocycles. The largest absolute Gasteiger partial charge is 0.464 e. The number of hydrogen-bond donors (Lipinski definition) is 2. The SMILES string of the molecule is CCOC(=O)[C@@H](NC(=O)[C@@H](CC(C)C)NC(=O)OC(C)(C)C)[C@@H]1CC(Cl)=NO1. The minimum Gasteiger partial charge on any atom is -0.464 e. The van der Waals surface area contributed by atoms with Gasteiger partial charge in [-0.25, -0.2) is 9.59 Å². The Balaban J connectivity index is 2.88. The van der Waals surface area contributed by atoms with Crippen LogP contribution in [0.5, 0.6) is 0 Å². The van der Waals surface area contributed by atoms with Crippen LogP contribution in [0.2, 0.25) is 0 Å². The summed E-state index contributed by atoms with van der Waals surface area (Å²) >= 11 is 5.82. The molecule has 0 aromatic carbocycles. The lowest BCUT2D eigenvalue weighted by Crippen LogP contribution is -2.56. The van der Waals surface area contributed by atoms with Crippen molar-refractivity contribution in [2.75, 3.05) is 6.61 Å². The first-order valence-electron chi connectivity index (χ1n) is 9.27. The molecule has 1 heterocycles. The number of oxime groups is 1. The molecule has 10 heteroatoms. The van der Waals surface area contributed by atoms with E-state index in [0.717, 1.165) is 0 Å². The number of carbonyl (C=O) groups is 3. The van der Waals surface area contributed by atoms with Crippen LogP contribution in [-0.4, -0.2) is 53.5 Å². The Morgan fingerprint density at radius 3 is 2.39 bits per heavy atom. The number of alkyl carbamates (subject to hydrolysis) is 1. The molecule has 160 valence electrons. The molecule has 9 nitrogen and oxygen atoms in total. The van der Waals surface area contributed by atoms with Crippen LogP contribution in [-0.2, 0) is 23.9 Å². The van der Waals surface area contributed by atoms with E-state index < -0.39 is 41.8 Å². The van der Waals surface area contributed by atoms with E-state index in [0.29, 0.717) is 6.42 Å². The summed E-state index contributed by atoms with van der Waals surface area (Å²) in [6.45, 7) is 10.8. The average Bonchev–Trinajstić information content (AvgIpc) is 2.95. The molecule has 0 spiro atoms. The molecule has 0 unspecified atom stereocenters. The Labute approximate surface area is 170 Å². The number of ether oxygens (including phenoxy) is 2. The monoisotopic (exact) mass is 419 g/mol. The zero-order valence-corrected chi connectivity index (χ0v) is 18.0. The van der Waals surface area contributed by atoms with Gasteiger partial charge in [0.05, 0.1) is 6.61 Å². The molecule has 1 aliphatic rings. The highest BCUT2D eigenvalue weighted by atomic mass is 35.5. The summed E-state index contributed by atoms with van der Waals surface area (Å²) in [5.74, 6) is -1.11. The van der Waals surface area contributed by atoms with Crippen LogP contribution in [0.25, 0.3) is 0 Å². The van der Waals surface area contributed by atoms with Crippen molar-refractivity contribution in [3.05, 3.63) is 0 Å². The van der Waals surface area contributed by atoms with Gasteiger partial charge in [0.15, 0.2) is 12.1 Å². The van der Waals surface area contributed by atoms with Crippen molar-refractivity contribution in [3.63, 3.8) is 0 Å². The summed E-state index contributed by atoms with van der Waals surface area (Å²) in [4.78, 5) is 42.4. The lowest BCUT2D eigenvalue weighted by molar-refractivity contribution is -0.151. The van der Waals surface area contributed by atoms with Gasteiger partial charge in [-0.3, -0.25) is 4.79 Å². The number of esters is 1. The molecular formula is C18H30ClN3O6. The van der Waals surface area contributed by atoms with Gasteiger partial charge in [0.2, 0.25) is 5.91 Å². The van der Waals surface area contributed by atoms with Crippen LogP contribution >= 0.6 is 11.6 Å². The van der Waals surface area contributed by atoms with Crippen molar-refractivity contribution < 1.29 is 28.7 Å². The van der Waals surface area contributed by atoms with E-state index in [1.165, 1.54) is 0 Å². The summed E-state index contributed by atoms with van der Waals surface area (Å²) in [7, 11) is 0. The summed E-state index contributed by atoms with van der Waals surface area (Å²) in [6, 6.07) is -2.01. The fourth-order valence-corrected chi connectivity index (χ4v) is 2.68. The number of rotatable bonds is 8. The second-order valence-corrected chi connectivity index (χ2v) is 8.32. The molecule has 2 amide bonds. The summed E-state index contributed by atoms with van der Waals surface area (Å²) < 4.78 is 10.2. The Kier molecular flexibility index (Phi) is 9.00. The molecule has 28 heavy (non-hydrogen) atoms. The van der Waals surface area contributed by atoms with Crippen molar-refractivity contribution in [2.24, 2.45) is 11.1 Å². The topological polar surface area (TPSA) is 115 Å². The quantitative estimate of drug-likeness (QED) is 0.583. The summed E-state index contributed by atoms with van der Waals surface area (Å²) in [5, 5.41) is 8.95. The standard InChI is InChI=1S/C18H30ClN3O6/c1-7-26-16(24)14(12-9-13(19)22-28-12)21-15(23)11(8-10(2)3)20-17(25)27-18(4,5)6/h10-12,14H,7-9H2,1-6H3,(H,20,25)(H,21,23)/t11-,12+,14+/m1/s1. The van der Waals surface area contributed by atoms with Gasteiger partial charge in [-0.05, 0) is 40.0 Å². The van der Waals surface area contributed by atoms with Crippen LogP contribution < -0.4 is 10.6 Å². The Morgan fingerprint density at radius 1 is 1.29 bits per heavy atom. The number of nitrogens with one attached hydrogen (secondary N) is 2. The third-order valence-corrected chi connectivity index (χ3v) is 3.80. The first-order chi connectivity index (χ1) is 12.9. The Morgan fingerprint density at radius 2 is 1.93 bits per heavy atom. The third kappa shape index (κ3) is 8.33. The zero-order valence-electron chi connectivity index (χ0n) is 17.2. The van der Waals surface area contributed by atoms with Crippen molar-refractivity contribution in [3.8, 4) is 0 Å². The predicted molar refractivity (Wildman–Crippen MR) is 104 cm³/mol. The van der Waals surface area contributed by atoms with Crippen LogP contribution in [0.3, 0.4) is 0 Å². The highest BCUT2D eigenvalue weighted by molar-refractivity contribution is 6.65. The molecule has 0 fully saturated rings. The van der Waals surface area contributed by atoms with E-state index in [1.54, 1.807) is 27.7 Å². The van der Waals surface area contributed by atoms with Gasteiger partial charge in [-0.15, -0.1) is 0 Å². The summed E-state index contributed by atoms with van der Waals surface area (Å²) in [6.07, 6.45) is -0.982. The molecule has 0 radical (unpaired) electrons. The van der Waals surface area contributed by atoms with E-state index >= 15 is 0 Å². The van der Waals surface area contributed by atoms with E-state index in [9.17, 15) is 14.4 Å². The molecule has 2 N–H and O–H groups in total. The van der Waals surface area contributed by atoms with Crippen molar-refractivity contribution in [1.82, 2.24) is 10.6 Å². The summed E-state index contributed by atoms with van der Waals surface area (Å²) in [5.41, 5.74) is -0.706. The molecule has 0 bridgehead atoms. The van der Waals surface area contributed by atoms with Crippen LogP contribution in [0.15, 0.2) is 5.16 Å². The van der Waals surface area contributed by atoms with E-state index in [1.807, 2.05) is 13.8 Å². The first-order valence-corrected chi connectivity index (χ1v) is 9.65. The maximum atomic E-state index is 12.8. The molecule has 1 rings (SSSR count). The maximum Gasteiger partial charge on any atom is 0.408 e. The smallest absolute Gasteiger partial charge is 0.408 e. The molecule has 0 aromatic rings. The molecule has 1 aliphatic heterocycles. The number of nitrogens with zero attached hydrogens (tertiary/aromatic N) is 1. The molecular weight excluding hydrogens is 390 g/mol. The van der Waals surface area contributed by atoms with Crippen LogP contribution in [0.4, 0.5) is 4.79 Å². The van der Waals surface area contributed by atoms with Crippen molar-refractivity contribution in [2.45, 2.75) is 78.2 Å². The Hall–Kier alpha value is -2.03. The van der Waals surface area contributed by atoms with Crippen molar-refractivity contribution >= 4 is 34.7 Å². The highest BCUT2D eigenvalue weighted by Gasteiger charge is 2.38. The van der Waals surface area contributed by atoms with Crippen LogP contribution in [0, 0.1) is 5.92 Å². The minimum absolute atomic E-state index is 0.104. The zero-order chi connectivity index (χ0) is 21.5. The highest BCUT2D eigenvalue weighted by Crippen LogP contribution is 2.18. The minimum atomic E-state index is -1.11. The number of carbonyl (C=O) groups excluding carboxylic acids is 3. The Bertz CT molecular complexity index is 603. The normalized spacial score (nSPS) is 18.6.